The van der Waals surface area contributed by atoms with E-state index in [9.17, 15) is 9.90 Å². The summed E-state index contributed by atoms with van der Waals surface area (Å²) in [6.45, 7) is 6.76. The molecule has 0 aromatic heterocycles. The maximum Gasteiger partial charge on any atom is 0.221 e. The average Bonchev–Trinajstić information content (AvgIpc) is 2.16. The van der Waals surface area contributed by atoms with Crippen molar-refractivity contribution in [1.29, 1.82) is 0 Å². The lowest BCUT2D eigenvalue weighted by Gasteiger charge is -2.26. The first-order valence-electron chi connectivity index (χ1n) is 5.96. The molecule has 1 amide bonds. The van der Waals surface area contributed by atoms with E-state index in [0.29, 0.717) is 19.4 Å². The van der Waals surface area contributed by atoms with Gasteiger partial charge in [0.05, 0.1) is 12.7 Å². The van der Waals surface area contributed by atoms with Gasteiger partial charge in [0.1, 0.15) is 0 Å². The molecule has 4 N–H and O–H groups in total. The molecule has 2 unspecified atom stereocenters. The molecule has 0 aliphatic rings. The normalized spacial score (nSPS) is 15.4. The van der Waals surface area contributed by atoms with E-state index >= 15 is 0 Å². The first-order chi connectivity index (χ1) is 7.77. The molecule has 0 radical (unpaired) electrons. The van der Waals surface area contributed by atoms with E-state index < -0.39 is 6.10 Å². The maximum atomic E-state index is 11.5. The molecule has 0 aliphatic carbocycles. The molecule has 0 fully saturated rings. The van der Waals surface area contributed by atoms with Crippen molar-refractivity contribution in [2.75, 3.05) is 20.3 Å². The van der Waals surface area contributed by atoms with Gasteiger partial charge in [-0.1, -0.05) is 20.8 Å². The van der Waals surface area contributed by atoms with E-state index in [0.717, 1.165) is 0 Å². The van der Waals surface area contributed by atoms with Crippen LogP contribution in [0.3, 0.4) is 0 Å². The number of amides is 1. The second-order valence-electron chi connectivity index (χ2n) is 5.42. The van der Waals surface area contributed by atoms with E-state index in [-0.39, 0.29) is 24.0 Å². The topological polar surface area (TPSA) is 84.6 Å². The largest absolute Gasteiger partial charge is 0.391 e. The van der Waals surface area contributed by atoms with E-state index in [1.165, 1.54) is 7.11 Å². The zero-order valence-electron chi connectivity index (χ0n) is 11.3. The molecule has 2 atom stereocenters. The highest BCUT2D eigenvalue weighted by Gasteiger charge is 2.22. The van der Waals surface area contributed by atoms with Gasteiger partial charge in [0.15, 0.2) is 0 Å². The molecule has 0 saturated carbocycles. The van der Waals surface area contributed by atoms with Gasteiger partial charge in [0.2, 0.25) is 5.91 Å². The monoisotopic (exact) mass is 246 g/mol. The predicted octanol–water partition coefficient (Wildman–Crippen LogP) is 0.264. The summed E-state index contributed by atoms with van der Waals surface area (Å²) in [6, 6.07) is -0.161. The summed E-state index contributed by atoms with van der Waals surface area (Å²) >= 11 is 0. The summed E-state index contributed by atoms with van der Waals surface area (Å²) in [4.78, 5) is 11.5. The first-order valence-corrected chi connectivity index (χ1v) is 5.96. The van der Waals surface area contributed by atoms with E-state index in [1.807, 2.05) is 20.8 Å². The van der Waals surface area contributed by atoms with Crippen LogP contribution in [0.25, 0.3) is 0 Å². The van der Waals surface area contributed by atoms with Crippen LogP contribution in [0, 0.1) is 5.41 Å². The Morgan fingerprint density at radius 1 is 1.47 bits per heavy atom. The molecule has 0 rings (SSSR count). The summed E-state index contributed by atoms with van der Waals surface area (Å²) in [5.41, 5.74) is 5.82. The minimum Gasteiger partial charge on any atom is -0.391 e. The molecule has 0 spiro atoms. The van der Waals surface area contributed by atoms with Crippen LogP contribution in [-0.2, 0) is 9.53 Å². The van der Waals surface area contributed by atoms with Gasteiger partial charge in [-0.3, -0.25) is 4.79 Å². The molecule has 0 aliphatic heterocycles. The molecule has 5 heteroatoms. The van der Waals surface area contributed by atoms with Crippen molar-refractivity contribution in [3.8, 4) is 0 Å². The summed E-state index contributed by atoms with van der Waals surface area (Å²) in [6.07, 6.45) is 0.269. The molecule has 5 nitrogen and oxygen atoms in total. The van der Waals surface area contributed by atoms with Crippen LogP contribution in [0.5, 0.6) is 0 Å². The van der Waals surface area contributed by atoms with Crippen LogP contribution in [0.2, 0.25) is 0 Å². The van der Waals surface area contributed by atoms with E-state index in [2.05, 4.69) is 5.32 Å². The smallest absolute Gasteiger partial charge is 0.221 e. The third kappa shape index (κ3) is 8.12. The Labute approximate surface area is 104 Å². The zero-order valence-corrected chi connectivity index (χ0v) is 11.3. The van der Waals surface area contributed by atoms with Crippen LogP contribution in [0.15, 0.2) is 0 Å². The maximum absolute atomic E-state index is 11.5. The lowest BCUT2D eigenvalue weighted by atomic mass is 9.85. The number of ether oxygens (including phenoxy) is 1. The Morgan fingerprint density at radius 3 is 2.53 bits per heavy atom. The highest BCUT2D eigenvalue weighted by Crippen LogP contribution is 2.19. The van der Waals surface area contributed by atoms with Gasteiger partial charge in [0.25, 0.3) is 0 Å². The zero-order chi connectivity index (χ0) is 13.5. The van der Waals surface area contributed by atoms with Gasteiger partial charge in [-0.2, -0.15) is 0 Å². The van der Waals surface area contributed by atoms with Crippen LogP contribution in [-0.4, -0.2) is 43.4 Å². The quantitative estimate of drug-likeness (QED) is 0.602. The molecule has 0 bridgehead atoms. The minimum absolute atomic E-state index is 0.0722. The minimum atomic E-state index is -0.531. The lowest BCUT2D eigenvalue weighted by Crippen LogP contribution is -2.40. The molecular formula is C12H26N2O3. The summed E-state index contributed by atoms with van der Waals surface area (Å²) < 4.78 is 4.79. The van der Waals surface area contributed by atoms with Gasteiger partial charge in [-0.15, -0.1) is 0 Å². The highest BCUT2D eigenvalue weighted by atomic mass is 16.5. The molecule has 0 saturated heterocycles. The molecule has 17 heavy (non-hydrogen) atoms. The standard InChI is InChI=1S/C12H26N2O3/c1-12(2,3)10(13)7-11(16)14-6-5-9(15)8-17-4/h9-10,15H,5-8,13H2,1-4H3,(H,14,16). The Balaban J connectivity index is 3.74. The van der Waals surface area contributed by atoms with Crippen LogP contribution >= 0.6 is 0 Å². The number of nitrogens with two attached hydrogens (primary N) is 1. The van der Waals surface area contributed by atoms with Gasteiger partial charge in [-0.25, -0.2) is 0 Å². The Kier molecular flexibility index (Phi) is 7.34. The molecular weight excluding hydrogens is 220 g/mol. The van der Waals surface area contributed by atoms with Gasteiger partial charge < -0.3 is 20.9 Å². The molecule has 0 aromatic rings. The Bertz CT molecular complexity index is 226. The van der Waals surface area contributed by atoms with Crippen molar-refractivity contribution in [2.45, 2.75) is 45.8 Å². The SMILES string of the molecule is COCC(O)CCNC(=O)CC(N)C(C)(C)C. The van der Waals surface area contributed by atoms with Crippen LogP contribution < -0.4 is 11.1 Å². The number of hydrogen-bond donors (Lipinski definition) is 3. The number of methoxy groups -OCH3 is 1. The van der Waals surface area contributed by atoms with Gasteiger partial charge >= 0.3 is 0 Å². The van der Waals surface area contributed by atoms with Crippen LogP contribution in [0.4, 0.5) is 0 Å². The number of carbonyl (C=O) groups is 1. The summed E-state index contributed by atoms with van der Waals surface area (Å²) in [7, 11) is 1.53. The van der Waals surface area contributed by atoms with E-state index in [1.54, 1.807) is 0 Å². The number of hydrogen-bond acceptors (Lipinski definition) is 4. The predicted molar refractivity (Wildman–Crippen MR) is 67.6 cm³/mol. The van der Waals surface area contributed by atoms with Crippen molar-refractivity contribution in [1.82, 2.24) is 5.32 Å². The highest BCUT2D eigenvalue weighted by molar-refractivity contribution is 5.76. The molecule has 0 aromatic carbocycles. The van der Waals surface area contributed by atoms with Gasteiger partial charge in [-0.05, 0) is 11.8 Å². The number of aliphatic hydroxyl groups is 1. The third-order valence-corrected chi connectivity index (χ3v) is 2.68. The van der Waals surface area contributed by atoms with Crippen LogP contribution in [0.1, 0.15) is 33.6 Å². The van der Waals surface area contributed by atoms with Gasteiger partial charge in [0, 0.05) is 26.1 Å². The fourth-order valence-electron chi connectivity index (χ4n) is 1.23. The summed E-state index contributed by atoms with van der Waals surface area (Å²) in [5.74, 6) is -0.0722. The second kappa shape index (κ2) is 7.63. The number of nitrogens with one attached hydrogen (secondary N) is 1. The number of aliphatic hydroxyl groups excluding tert-OH is 1. The van der Waals surface area contributed by atoms with Crippen molar-refractivity contribution in [3.63, 3.8) is 0 Å². The Morgan fingerprint density at radius 2 is 2.06 bits per heavy atom. The Hall–Kier alpha value is -0.650. The molecule has 102 valence electrons. The van der Waals surface area contributed by atoms with Crippen molar-refractivity contribution < 1.29 is 14.6 Å². The second-order valence-corrected chi connectivity index (χ2v) is 5.42. The average molecular weight is 246 g/mol. The third-order valence-electron chi connectivity index (χ3n) is 2.68. The first kappa shape index (κ1) is 16.4. The number of rotatable bonds is 7. The lowest BCUT2D eigenvalue weighted by molar-refractivity contribution is -0.122. The summed E-state index contributed by atoms with van der Waals surface area (Å²) in [5, 5.41) is 12.1. The van der Waals surface area contributed by atoms with E-state index in [4.69, 9.17) is 10.5 Å². The van der Waals surface area contributed by atoms with Crippen molar-refractivity contribution in [2.24, 2.45) is 11.1 Å². The fraction of sp³-hybridized carbons (Fsp3) is 0.917. The number of carbonyl (C=O) groups excluding carboxylic acids is 1. The fourth-order valence-corrected chi connectivity index (χ4v) is 1.23. The van der Waals surface area contributed by atoms with Crippen molar-refractivity contribution >= 4 is 5.91 Å². The van der Waals surface area contributed by atoms with Crippen molar-refractivity contribution in [3.05, 3.63) is 0 Å². The molecule has 0 heterocycles.